The predicted octanol–water partition coefficient (Wildman–Crippen LogP) is 4.90. The average molecular weight is 358 g/mol. The second kappa shape index (κ2) is 7.46. The topological polar surface area (TPSA) is 44.7 Å². The Labute approximate surface area is 159 Å². The first kappa shape index (κ1) is 17.0. The summed E-state index contributed by atoms with van der Waals surface area (Å²) in [5.41, 5.74) is 7.85. The standard InChI is InChI=1S/C23H22N2O2/c1-2-27-21-14-10-17(11-15-21)22-16-23(18-8-12-20(26)13-9-18)25(24-22)19-6-4-3-5-7-19/h3-16,23-24,26H,2H2,1H3. The monoisotopic (exact) mass is 358 g/mol. The Hall–Kier alpha value is -3.40. The molecule has 1 aliphatic heterocycles. The van der Waals surface area contributed by atoms with Gasteiger partial charge in [0, 0.05) is 0 Å². The van der Waals surface area contributed by atoms with Crippen LogP contribution in [0.1, 0.15) is 24.1 Å². The number of hydrogen-bond donors (Lipinski definition) is 2. The summed E-state index contributed by atoms with van der Waals surface area (Å²) in [5, 5.41) is 11.8. The average Bonchev–Trinajstić information content (AvgIpc) is 3.15. The molecule has 2 N–H and O–H groups in total. The van der Waals surface area contributed by atoms with Gasteiger partial charge in [-0.3, -0.25) is 10.4 Å². The van der Waals surface area contributed by atoms with E-state index in [1.54, 1.807) is 12.1 Å². The summed E-state index contributed by atoms with van der Waals surface area (Å²) in [4.78, 5) is 0. The van der Waals surface area contributed by atoms with Gasteiger partial charge in [0.1, 0.15) is 11.5 Å². The van der Waals surface area contributed by atoms with E-state index >= 15 is 0 Å². The van der Waals surface area contributed by atoms with Crippen LogP contribution in [0.4, 0.5) is 5.69 Å². The molecule has 0 amide bonds. The number of rotatable bonds is 5. The molecule has 0 spiro atoms. The summed E-state index contributed by atoms with van der Waals surface area (Å²) < 4.78 is 5.54. The van der Waals surface area contributed by atoms with Crippen molar-refractivity contribution in [1.29, 1.82) is 0 Å². The van der Waals surface area contributed by atoms with Crippen LogP contribution in [0.3, 0.4) is 0 Å². The number of aromatic hydroxyl groups is 1. The molecular formula is C23H22N2O2. The summed E-state index contributed by atoms with van der Waals surface area (Å²) in [5.74, 6) is 1.14. The molecule has 1 aliphatic rings. The summed E-state index contributed by atoms with van der Waals surface area (Å²) in [6, 6.07) is 25.7. The van der Waals surface area contributed by atoms with Crippen molar-refractivity contribution in [2.24, 2.45) is 0 Å². The summed E-state index contributed by atoms with van der Waals surface area (Å²) in [7, 11) is 0. The summed E-state index contributed by atoms with van der Waals surface area (Å²) >= 11 is 0. The number of hydrogen-bond acceptors (Lipinski definition) is 4. The van der Waals surface area contributed by atoms with Gasteiger partial charge >= 0.3 is 0 Å². The minimum Gasteiger partial charge on any atom is -0.508 e. The van der Waals surface area contributed by atoms with Crippen LogP contribution in [0.15, 0.2) is 84.9 Å². The molecule has 4 rings (SSSR count). The minimum atomic E-state index is 0.0227. The van der Waals surface area contributed by atoms with Crippen molar-refractivity contribution < 1.29 is 9.84 Å². The van der Waals surface area contributed by atoms with Crippen LogP contribution >= 0.6 is 0 Å². The largest absolute Gasteiger partial charge is 0.508 e. The highest BCUT2D eigenvalue weighted by molar-refractivity contribution is 5.72. The normalized spacial score (nSPS) is 16.0. The van der Waals surface area contributed by atoms with Gasteiger partial charge in [-0.15, -0.1) is 0 Å². The van der Waals surface area contributed by atoms with Gasteiger partial charge in [0.2, 0.25) is 0 Å². The van der Waals surface area contributed by atoms with Crippen molar-refractivity contribution >= 4 is 11.4 Å². The Bertz CT molecular complexity index is 919. The third kappa shape index (κ3) is 3.60. The summed E-state index contributed by atoms with van der Waals surface area (Å²) in [6.07, 6.45) is 2.20. The quantitative estimate of drug-likeness (QED) is 0.681. The number of phenolic OH excluding ortho intramolecular Hbond substituents is 1. The Morgan fingerprint density at radius 3 is 2.30 bits per heavy atom. The smallest absolute Gasteiger partial charge is 0.119 e. The predicted molar refractivity (Wildman–Crippen MR) is 108 cm³/mol. The summed E-state index contributed by atoms with van der Waals surface area (Å²) in [6.45, 7) is 2.64. The number of anilines is 1. The molecule has 3 aromatic rings. The molecule has 0 saturated carbocycles. The Balaban J connectivity index is 1.68. The molecule has 3 aromatic carbocycles. The van der Waals surface area contributed by atoms with E-state index in [9.17, 15) is 5.11 Å². The third-order valence-electron chi connectivity index (χ3n) is 4.59. The lowest BCUT2D eigenvalue weighted by atomic mass is 10.0. The van der Waals surface area contributed by atoms with E-state index in [2.05, 4.69) is 40.8 Å². The van der Waals surface area contributed by atoms with Gasteiger partial charge in [-0.1, -0.05) is 30.3 Å². The zero-order chi connectivity index (χ0) is 18.6. The van der Waals surface area contributed by atoms with Gasteiger partial charge in [0.15, 0.2) is 0 Å². The number of ether oxygens (including phenoxy) is 1. The fourth-order valence-corrected chi connectivity index (χ4v) is 3.26. The third-order valence-corrected chi connectivity index (χ3v) is 4.59. The van der Waals surface area contributed by atoms with Crippen LogP contribution in [0.5, 0.6) is 11.5 Å². The van der Waals surface area contributed by atoms with Gasteiger partial charge in [-0.05, 0) is 72.7 Å². The first-order valence-corrected chi connectivity index (χ1v) is 9.09. The van der Waals surface area contributed by atoms with E-state index < -0.39 is 0 Å². The molecule has 0 saturated heterocycles. The van der Waals surface area contributed by atoms with Crippen molar-refractivity contribution in [3.05, 3.63) is 96.1 Å². The van der Waals surface area contributed by atoms with Gasteiger partial charge < -0.3 is 9.84 Å². The number of nitrogens with one attached hydrogen (secondary N) is 1. The Morgan fingerprint density at radius 1 is 0.926 bits per heavy atom. The molecular weight excluding hydrogens is 336 g/mol. The van der Waals surface area contributed by atoms with Crippen molar-refractivity contribution in [3.63, 3.8) is 0 Å². The van der Waals surface area contributed by atoms with Crippen molar-refractivity contribution in [2.45, 2.75) is 13.0 Å². The molecule has 27 heavy (non-hydrogen) atoms. The Morgan fingerprint density at radius 2 is 1.63 bits per heavy atom. The zero-order valence-corrected chi connectivity index (χ0v) is 15.2. The lowest BCUT2D eigenvalue weighted by molar-refractivity contribution is 0.340. The maximum atomic E-state index is 9.63. The van der Waals surface area contributed by atoms with Gasteiger partial charge in [0.05, 0.1) is 24.0 Å². The second-order valence-electron chi connectivity index (χ2n) is 6.39. The molecule has 0 aromatic heterocycles. The SMILES string of the molecule is CCOc1ccc(C2=CC(c3ccc(O)cc3)N(c3ccccc3)N2)cc1. The molecule has 0 fully saturated rings. The second-order valence-corrected chi connectivity index (χ2v) is 6.39. The van der Waals surface area contributed by atoms with Gasteiger partial charge in [-0.2, -0.15) is 0 Å². The molecule has 136 valence electrons. The molecule has 1 heterocycles. The van der Waals surface area contributed by atoms with Gasteiger partial charge in [0.25, 0.3) is 0 Å². The minimum absolute atomic E-state index is 0.0227. The van der Waals surface area contributed by atoms with E-state index in [-0.39, 0.29) is 11.8 Å². The fraction of sp³-hybridized carbons (Fsp3) is 0.130. The van der Waals surface area contributed by atoms with E-state index in [0.29, 0.717) is 6.61 Å². The first-order valence-electron chi connectivity index (χ1n) is 9.09. The molecule has 4 nitrogen and oxygen atoms in total. The zero-order valence-electron chi connectivity index (χ0n) is 15.2. The van der Waals surface area contributed by atoms with E-state index in [1.165, 1.54) is 0 Å². The van der Waals surface area contributed by atoms with Crippen LogP contribution in [0, 0.1) is 0 Å². The molecule has 0 radical (unpaired) electrons. The fourth-order valence-electron chi connectivity index (χ4n) is 3.26. The van der Waals surface area contributed by atoms with Crippen LogP contribution in [0.2, 0.25) is 0 Å². The molecule has 0 bridgehead atoms. The van der Waals surface area contributed by atoms with Crippen LogP contribution < -0.4 is 15.2 Å². The number of para-hydroxylation sites is 1. The van der Waals surface area contributed by atoms with Gasteiger partial charge in [-0.25, -0.2) is 0 Å². The van der Waals surface area contributed by atoms with Crippen LogP contribution in [-0.2, 0) is 0 Å². The highest BCUT2D eigenvalue weighted by Crippen LogP contribution is 2.35. The van der Waals surface area contributed by atoms with Crippen LogP contribution in [0.25, 0.3) is 5.70 Å². The van der Waals surface area contributed by atoms with Crippen molar-refractivity contribution in [3.8, 4) is 11.5 Å². The highest BCUT2D eigenvalue weighted by Gasteiger charge is 2.27. The lowest BCUT2D eigenvalue weighted by Gasteiger charge is -2.27. The highest BCUT2D eigenvalue weighted by atomic mass is 16.5. The van der Waals surface area contributed by atoms with E-state index in [1.807, 2.05) is 49.4 Å². The molecule has 0 aliphatic carbocycles. The van der Waals surface area contributed by atoms with Crippen molar-refractivity contribution in [2.75, 3.05) is 11.6 Å². The maximum absolute atomic E-state index is 9.63. The maximum Gasteiger partial charge on any atom is 0.119 e. The molecule has 1 atom stereocenters. The number of phenols is 1. The van der Waals surface area contributed by atoms with E-state index in [4.69, 9.17) is 4.74 Å². The number of hydrazine groups is 1. The number of benzene rings is 3. The molecule has 1 unspecified atom stereocenters. The van der Waals surface area contributed by atoms with Crippen molar-refractivity contribution in [1.82, 2.24) is 5.43 Å². The lowest BCUT2D eigenvalue weighted by Crippen LogP contribution is -2.33. The van der Waals surface area contributed by atoms with E-state index in [0.717, 1.165) is 28.3 Å². The molecule has 4 heteroatoms. The van der Waals surface area contributed by atoms with Crippen LogP contribution in [-0.4, -0.2) is 11.7 Å². The first-order chi connectivity index (χ1) is 13.2. The number of nitrogens with zero attached hydrogens (tertiary/aromatic N) is 1. The Kier molecular flexibility index (Phi) is 4.71.